The molecule has 0 spiro atoms. The van der Waals surface area contributed by atoms with Crippen molar-refractivity contribution < 1.29 is 9.59 Å². The summed E-state index contributed by atoms with van der Waals surface area (Å²) in [5.41, 5.74) is 5.90. The molecule has 0 bridgehead atoms. The largest absolute Gasteiger partial charge is 0.343 e. The number of amides is 2. The van der Waals surface area contributed by atoms with Gasteiger partial charge in [-0.05, 0) is 54.4 Å². The molecule has 1 saturated heterocycles. The first kappa shape index (κ1) is 22.2. The number of halogens is 1. The van der Waals surface area contributed by atoms with Gasteiger partial charge < -0.3 is 15.2 Å². The van der Waals surface area contributed by atoms with Gasteiger partial charge in [0.05, 0.1) is 11.7 Å². The second-order valence-electron chi connectivity index (χ2n) is 8.80. The van der Waals surface area contributed by atoms with Crippen LogP contribution in [0.5, 0.6) is 0 Å². The smallest absolute Gasteiger partial charge is 0.253 e. The third-order valence-corrected chi connectivity index (χ3v) is 6.82. The zero-order valence-electron chi connectivity index (χ0n) is 19.2. The molecule has 0 radical (unpaired) electrons. The number of anilines is 1. The summed E-state index contributed by atoms with van der Waals surface area (Å²) in [5.74, 6) is -0.343. The van der Waals surface area contributed by atoms with Crippen LogP contribution in [0.25, 0.3) is 27.7 Å². The number of aromatic amines is 1. The summed E-state index contributed by atoms with van der Waals surface area (Å²) >= 11 is 5.57. The standard InChI is InChI=1S/C26H22ClN7O2/c27-13-24(35)31-18-4-1-3-16(11-18)26(36)33-10-7-17(15-33)22-12-20-19(6-9-28-25(20)32-22)21-14-30-34-23(21)5-2-8-29-34/h1-6,8-9,11-12,14,17H,7,10,13,15H2,(H,28,32)(H,31,35). The molecule has 4 aromatic heterocycles. The Bertz CT molecular complexity index is 1610. The lowest BCUT2D eigenvalue weighted by Gasteiger charge is -2.17. The Hall–Kier alpha value is -4.24. The summed E-state index contributed by atoms with van der Waals surface area (Å²) in [6.45, 7) is 1.25. The third-order valence-electron chi connectivity index (χ3n) is 6.58. The fourth-order valence-electron chi connectivity index (χ4n) is 4.85. The van der Waals surface area contributed by atoms with Crippen molar-refractivity contribution in [2.45, 2.75) is 12.3 Å². The van der Waals surface area contributed by atoms with Crippen molar-refractivity contribution in [3.05, 3.63) is 78.4 Å². The molecule has 5 heterocycles. The normalized spacial score (nSPS) is 15.6. The Kier molecular flexibility index (Phi) is 5.61. The number of alkyl halides is 1. The highest BCUT2D eigenvalue weighted by Crippen LogP contribution is 2.35. The molecule has 1 aliphatic rings. The lowest BCUT2D eigenvalue weighted by Crippen LogP contribution is -2.28. The molecule has 180 valence electrons. The van der Waals surface area contributed by atoms with Crippen LogP contribution in [0.4, 0.5) is 5.69 Å². The minimum absolute atomic E-state index is 0.0618. The molecule has 0 aliphatic carbocycles. The van der Waals surface area contributed by atoms with Crippen LogP contribution >= 0.6 is 11.6 Å². The van der Waals surface area contributed by atoms with Crippen molar-refractivity contribution in [3.8, 4) is 11.1 Å². The maximum Gasteiger partial charge on any atom is 0.253 e. The van der Waals surface area contributed by atoms with Gasteiger partial charge in [0.25, 0.3) is 5.91 Å². The predicted molar refractivity (Wildman–Crippen MR) is 137 cm³/mol. The van der Waals surface area contributed by atoms with E-state index in [1.807, 2.05) is 29.3 Å². The van der Waals surface area contributed by atoms with E-state index in [1.54, 1.807) is 41.3 Å². The van der Waals surface area contributed by atoms with Crippen LogP contribution in [0.3, 0.4) is 0 Å². The fourth-order valence-corrected chi connectivity index (χ4v) is 4.91. The van der Waals surface area contributed by atoms with Gasteiger partial charge in [0.15, 0.2) is 0 Å². The van der Waals surface area contributed by atoms with Crippen LogP contribution in [0.1, 0.15) is 28.4 Å². The van der Waals surface area contributed by atoms with Gasteiger partial charge >= 0.3 is 0 Å². The number of nitrogens with one attached hydrogen (secondary N) is 2. The first-order chi connectivity index (χ1) is 17.6. The van der Waals surface area contributed by atoms with Crippen molar-refractivity contribution in [1.29, 1.82) is 0 Å². The number of rotatable bonds is 5. The average molecular weight is 500 g/mol. The summed E-state index contributed by atoms with van der Waals surface area (Å²) in [4.78, 5) is 34.7. The van der Waals surface area contributed by atoms with Crippen molar-refractivity contribution in [2.24, 2.45) is 0 Å². The first-order valence-corrected chi connectivity index (χ1v) is 12.2. The van der Waals surface area contributed by atoms with Gasteiger partial charge in [0.2, 0.25) is 5.91 Å². The second-order valence-corrected chi connectivity index (χ2v) is 9.07. The van der Waals surface area contributed by atoms with Crippen LogP contribution in [-0.4, -0.2) is 60.5 Å². The van der Waals surface area contributed by atoms with E-state index in [4.69, 9.17) is 11.6 Å². The van der Waals surface area contributed by atoms with E-state index >= 15 is 0 Å². The summed E-state index contributed by atoms with van der Waals surface area (Å²) < 4.78 is 1.62. The third kappa shape index (κ3) is 3.97. The number of nitrogens with zero attached hydrogens (tertiary/aromatic N) is 5. The molecule has 6 rings (SSSR count). The van der Waals surface area contributed by atoms with Gasteiger partial charge in [-0.1, -0.05) is 6.07 Å². The highest BCUT2D eigenvalue weighted by molar-refractivity contribution is 6.29. The van der Waals surface area contributed by atoms with Crippen LogP contribution in [0, 0.1) is 0 Å². The van der Waals surface area contributed by atoms with E-state index < -0.39 is 0 Å². The Labute approximate surface area is 211 Å². The van der Waals surface area contributed by atoms with E-state index in [-0.39, 0.29) is 23.6 Å². The molecule has 36 heavy (non-hydrogen) atoms. The van der Waals surface area contributed by atoms with E-state index in [0.717, 1.165) is 39.8 Å². The van der Waals surface area contributed by atoms with E-state index in [1.165, 1.54) is 0 Å². The fraction of sp³-hybridized carbons (Fsp3) is 0.192. The van der Waals surface area contributed by atoms with Crippen molar-refractivity contribution in [2.75, 3.05) is 24.3 Å². The Morgan fingerprint density at radius 3 is 2.89 bits per heavy atom. The highest BCUT2D eigenvalue weighted by Gasteiger charge is 2.29. The van der Waals surface area contributed by atoms with E-state index in [2.05, 4.69) is 31.5 Å². The monoisotopic (exact) mass is 499 g/mol. The van der Waals surface area contributed by atoms with E-state index in [0.29, 0.717) is 24.3 Å². The minimum Gasteiger partial charge on any atom is -0.343 e. The molecule has 5 aromatic rings. The number of fused-ring (bicyclic) bond motifs is 2. The summed E-state index contributed by atoms with van der Waals surface area (Å²) in [5, 5.41) is 12.3. The van der Waals surface area contributed by atoms with Crippen molar-refractivity contribution in [3.63, 3.8) is 0 Å². The SMILES string of the molecule is O=C(CCl)Nc1cccc(C(=O)N2CCC(c3cc4c(-c5cnn6ncccc56)ccnc4[nH]3)C2)c1. The number of hydrogen-bond acceptors (Lipinski definition) is 5. The lowest BCUT2D eigenvalue weighted by molar-refractivity contribution is -0.113. The number of aromatic nitrogens is 5. The molecule has 9 nitrogen and oxygen atoms in total. The summed E-state index contributed by atoms with van der Waals surface area (Å²) in [7, 11) is 0. The molecule has 1 unspecified atom stereocenters. The molecule has 0 saturated carbocycles. The molecule has 1 aliphatic heterocycles. The van der Waals surface area contributed by atoms with Crippen LogP contribution in [0.2, 0.25) is 0 Å². The van der Waals surface area contributed by atoms with Crippen LogP contribution in [-0.2, 0) is 4.79 Å². The van der Waals surface area contributed by atoms with Crippen molar-refractivity contribution >= 4 is 45.7 Å². The highest BCUT2D eigenvalue weighted by atomic mass is 35.5. The topological polar surface area (TPSA) is 108 Å². The molecule has 2 amide bonds. The van der Waals surface area contributed by atoms with Gasteiger partial charge in [-0.25, -0.2) is 4.98 Å². The quantitative estimate of drug-likeness (QED) is 0.354. The van der Waals surface area contributed by atoms with E-state index in [9.17, 15) is 9.59 Å². The molecular weight excluding hydrogens is 478 g/mol. The molecule has 2 N–H and O–H groups in total. The van der Waals surface area contributed by atoms with Gasteiger partial charge in [0, 0.05) is 59.3 Å². The molecular formula is C26H22ClN7O2. The number of benzene rings is 1. The first-order valence-electron chi connectivity index (χ1n) is 11.6. The molecule has 1 atom stereocenters. The Balaban J connectivity index is 1.25. The Morgan fingerprint density at radius 1 is 1.08 bits per heavy atom. The summed E-state index contributed by atoms with van der Waals surface area (Å²) in [6, 6.07) is 15.0. The molecule has 10 heteroatoms. The molecule has 1 fully saturated rings. The number of pyridine rings is 1. The average Bonchev–Trinajstić information content (AvgIpc) is 3.66. The lowest BCUT2D eigenvalue weighted by atomic mass is 10.0. The Morgan fingerprint density at radius 2 is 2.00 bits per heavy atom. The number of carbonyl (C=O) groups excluding carboxylic acids is 2. The van der Waals surface area contributed by atoms with Crippen molar-refractivity contribution in [1.82, 2.24) is 29.7 Å². The second kappa shape index (κ2) is 9.09. The number of H-pyrrole nitrogens is 1. The zero-order chi connectivity index (χ0) is 24.6. The van der Waals surface area contributed by atoms with Gasteiger partial charge in [0.1, 0.15) is 11.5 Å². The number of likely N-dealkylation sites (tertiary alicyclic amines) is 1. The van der Waals surface area contributed by atoms with Gasteiger partial charge in [-0.3, -0.25) is 9.59 Å². The van der Waals surface area contributed by atoms with Gasteiger partial charge in [-0.15, -0.1) is 11.6 Å². The van der Waals surface area contributed by atoms with Crippen LogP contribution in [0.15, 0.2) is 67.1 Å². The number of hydrogen-bond donors (Lipinski definition) is 2. The molecule has 1 aromatic carbocycles. The van der Waals surface area contributed by atoms with Gasteiger partial charge in [-0.2, -0.15) is 14.8 Å². The maximum absolute atomic E-state index is 13.2. The summed E-state index contributed by atoms with van der Waals surface area (Å²) in [6.07, 6.45) is 6.17. The zero-order valence-corrected chi connectivity index (χ0v) is 19.9. The van der Waals surface area contributed by atoms with Crippen LogP contribution < -0.4 is 5.32 Å². The predicted octanol–water partition coefficient (Wildman–Crippen LogP) is 4.08. The maximum atomic E-state index is 13.2. The number of carbonyl (C=O) groups is 2. The minimum atomic E-state index is -0.310.